The number of hydrogen-bond donors (Lipinski definition) is 1. The molecule has 72 valence electrons. The molecule has 0 atom stereocenters. The normalized spacial score (nSPS) is 10.1. The lowest BCUT2D eigenvalue weighted by molar-refractivity contribution is 0.0802. The fourth-order valence-corrected chi connectivity index (χ4v) is 1.07. The summed E-state index contributed by atoms with van der Waals surface area (Å²) in [4.78, 5) is 13.3. The Hall–Kier alpha value is -1.45. The van der Waals surface area contributed by atoms with Gasteiger partial charge in [0.05, 0.1) is 6.26 Å². The van der Waals surface area contributed by atoms with E-state index in [9.17, 15) is 4.79 Å². The van der Waals surface area contributed by atoms with Gasteiger partial charge in [-0.1, -0.05) is 0 Å². The predicted octanol–water partition coefficient (Wildman–Crippen LogP) is 1.26. The molecule has 13 heavy (non-hydrogen) atoms. The molecule has 1 rings (SSSR count). The molecule has 0 aliphatic heterocycles. The first-order chi connectivity index (χ1) is 6.07. The van der Waals surface area contributed by atoms with Gasteiger partial charge in [-0.15, -0.1) is 0 Å². The number of aryl methyl sites for hydroxylation is 1. The molecule has 0 aromatic carbocycles. The van der Waals surface area contributed by atoms with Gasteiger partial charge in [0.2, 0.25) is 5.88 Å². The SMILES string of the molecule is CCN(C)C(=O)c1c(C)coc1N. The van der Waals surface area contributed by atoms with Crippen molar-refractivity contribution < 1.29 is 9.21 Å². The molecule has 0 saturated carbocycles. The molecule has 0 unspecified atom stereocenters. The zero-order valence-corrected chi connectivity index (χ0v) is 8.13. The highest BCUT2D eigenvalue weighted by molar-refractivity contribution is 5.99. The van der Waals surface area contributed by atoms with Gasteiger partial charge < -0.3 is 15.1 Å². The second-order valence-corrected chi connectivity index (χ2v) is 2.98. The molecule has 0 spiro atoms. The number of carbonyl (C=O) groups is 1. The van der Waals surface area contributed by atoms with E-state index in [1.807, 2.05) is 6.92 Å². The third-order valence-electron chi connectivity index (χ3n) is 2.04. The first kappa shape index (κ1) is 9.64. The lowest BCUT2D eigenvalue weighted by Crippen LogP contribution is -2.27. The Morgan fingerprint density at radius 3 is 2.69 bits per heavy atom. The van der Waals surface area contributed by atoms with Crippen LogP contribution in [0.2, 0.25) is 0 Å². The molecular weight excluding hydrogens is 168 g/mol. The van der Waals surface area contributed by atoms with Gasteiger partial charge in [-0.3, -0.25) is 4.79 Å². The number of nitrogens with zero attached hydrogens (tertiary/aromatic N) is 1. The number of furan rings is 1. The fourth-order valence-electron chi connectivity index (χ4n) is 1.07. The summed E-state index contributed by atoms with van der Waals surface area (Å²) in [6, 6.07) is 0. The van der Waals surface area contributed by atoms with Gasteiger partial charge in [0.1, 0.15) is 5.56 Å². The van der Waals surface area contributed by atoms with Gasteiger partial charge in [0.25, 0.3) is 5.91 Å². The van der Waals surface area contributed by atoms with E-state index in [1.165, 1.54) is 6.26 Å². The maximum absolute atomic E-state index is 11.7. The molecule has 0 radical (unpaired) electrons. The van der Waals surface area contributed by atoms with Crippen LogP contribution in [0.1, 0.15) is 22.8 Å². The summed E-state index contributed by atoms with van der Waals surface area (Å²) in [7, 11) is 1.73. The average molecular weight is 182 g/mol. The molecule has 0 aliphatic rings. The van der Waals surface area contributed by atoms with E-state index < -0.39 is 0 Å². The highest BCUT2D eigenvalue weighted by Gasteiger charge is 2.18. The second kappa shape index (κ2) is 3.51. The second-order valence-electron chi connectivity index (χ2n) is 2.98. The summed E-state index contributed by atoms with van der Waals surface area (Å²) >= 11 is 0. The summed E-state index contributed by atoms with van der Waals surface area (Å²) in [6.07, 6.45) is 1.49. The van der Waals surface area contributed by atoms with E-state index in [-0.39, 0.29) is 11.8 Å². The molecule has 4 nitrogen and oxygen atoms in total. The van der Waals surface area contributed by atoms with Gasteiger partial charge >= 0.3 is 0 Å². The Labute approximate surface area is 77.3 Å². The number of rotatable bonds is 2. The van der Waals surface area contributed by atoms with Gasteiger partial charge in [-0.25, -0.2) is 0 Å². The Kier molecular flexibility index (Phi) is 2.60. The molecule has 0 aliphatic carbocycles. The fraction of sp³-hybridized carbons (Fsp3) is 0.444. The van der Waals surface area contributed by atoms with Crippen LogP contribution in [0, 0.1) is 6.92 Å². The molecule has 1 amide bonds. The number of carbonyl (C=O) groups excluding carboxylic acids is 1. The molecule has 0 bridgehead atoms. The van der Waals surface area contributed by atoms with E-state index in [0.29, 0.717) is 12.1 Å². The van der Waals surface area contributed by atoms with E-state index in [1.54, 1.807) is 18.9 Å². The zero-order chi connectivity index (χ0) is 10.0. The van der Waals surface area contributed by atoms with Gasteiger partial charge in [-0.2, -0.15) is 0 Å². The third kappa shape index (κ3) is 1.66. The standard InChI is InChI=1S/C9H14N2O2/c1-4-11(3)9(12)7-6(2)5-13-8(7)10/h5H,4,10H2,1-3H3. The Morgan fingerprint density at radius 2 is 2.31 bits per heavy atom. The van der Waals surface area contributed by atoms with Crippen LogP contribution in [-0.4, -0.2) is 24.4 Å². The molecule has 2 N–H and O–H groups in total. The Balaban J connectivity index is 3.01. The lowest BCUT2D eigenvalue weighted by Gasteiger charge is -2.13. The van der Waals surface area contributed by atoms with Gasteiger partial charge in [-0.05, 0) is 13.8 Å². The summed E-state index contributed by atoms with van der Waals surface area (Å²) in [6.45, 7) is 4.36. The van der Waals surface area contributed by atoms with Crippen LogP contribution in [0.3, 0.4) is 0 Å². The highest BCUT2D eigenvalue weighted by atomic mass is 16.3. The van der Waals surface area contributed by atoms with Crippen molar-refractivity contribution in [1.82, 2.24) is 4.90 Å². The van der Waals surface area contributed by atoms with Crippen LogP contribution in [0.5, 0.6) is 0 Å². The number of hydrogen-bond acceptors (Lipinski definition) is 3. The smallest absolute Gasteiger partial charge is 0.259 e. The van der Waals surface area contributed by atoms with Crippen molar-refractivity contribution in [2.24, 2.45) is 0 Å². The average Bonchev–Trinajstić information content (AvgIpc) is 2.44. The van der Waals surface area contributed by atoms with Crippen molar-refractivity contribution in [2.45, 2.75) is 13.8 Å². The van der Waals surface area contributed by atoms with E-state index >= 15 is 0 Å². The topological polar surface area (TPSA) is 59.5 Å². The molecule has 1 aromatic rings. The van der Waals surface area contributed by atoms with Crippen LogP contribution >= 0.6 is 0 Å². The van der Waals surface area contributed by atoms with E-state index in [2.05, 4.69) is 0 Å². The molecular formula is C9H14N2O2. The molecule has 0 fully saturated rings. The highest BCUT2D eigenvalue weighted by Crippen LogP contribution is 2.19. The summed E-state index contributed by atoms with van der Waals surface area (Å²) in [5, 5.41) is 0. The molecule has 0 saturated heterocycles. The van der Waals surface area contributed by atoms with Gasteiger partial charge in [0, 0.05) is 19.2 Å². The Morgan fingerprint density at radius 1 is 1.69 bits per heavy atom. The summed E-state index contributed by atoms with van der Waals surface area (Å²) in [5.74, 6) is 0.106. The van der Waals surface area contributed by atoms with Crippen LogP contribution < -0.4 is 5.73 Å². The zero-order valence-electron chi connectivity index (χ0n) is 8.13. The summed E-state index contributed by atoms with van der Waals surface area (Å²) in [5.41, 5.74) is 6.78. The molecule has 1 aromatic heterocycles. The van der Waals surface area contributed by atoms with Crippen molar-refractivity contribution in [3.63, 3.8) is 0 Å². The maximum Gasteiger partial charge on any atom is 0.259 e. The first-order valence-electron chi connectivity index (χ1n) is 4.17. The quantitative estimate of drug-likeness (QED) is 0.749. The first-order valence-corrected chi connectivity index (χ1v) is 4.17. The maximum atomic E-state index is 11.7. The summed E-state index contributed by atoms with van der Waals surface area (Å²) < 4.78 is 4.94. The van der Waals surface area contributed by atoms with Crippen LogP contribution in [0.25, 0.3) is 0 Å². The largest absolute Gasteiger partial charge is 0.448 e. The minimum atomic E-state index is -0.0914. The minimum Gasteiger partial charge on any atom is -0.448 e. The predicted molar refractivity (Wildman–Crippen MR) is 50.5 cm³/mol. The molecule has 4 heteroatoms. The number of nitrogen functional groups attached to an aromatic ring is 1. The Bertz CT molecular complexity index is 298. The van der Waals surface area contributed by atoms with E-state index in [4.69, 9.17) is 10.2 Å². The number of amides is 1. The number of nitrogens with two attached hydrogens (primary N) is 1. The van der Waals surface area contributed by atoms with Crippen LogP contribution in [-0.2, 0) is 0 Å². The van der Waals surface area contributed by atoms with Gasteiger partial charge in [0.15, 0.2) is 0 Å². The van der Waals surface area contributed by atoms with Crippen molar-refractivity contribution >= 4 is 11.8 Å². The monoisotopic (exact) mass is 182 g/mol. The van der Waals surface area contributed by atoms with Crippen molar-refractivity contribution in [3.8, 4) is 0 Å². The van der Waals surface area contributed by atoms with Crippen LogP contribution in [0.15, 0.2) is 10.7 Å². The third-order valence-corrected chi connectivity index (χ3v) is 2.04. The number of anilines is 1. The van der Waals surface area contributed by atoms with E-state index in [0.717, 1.165) is 5.56 Å². The van der Waals surface area contributed by atoms with Crippen molar-refractivity contribution in [3.05, 3.63) is 17.4 Å². The van der Waals surface area contributed by atoms with Crippen LogP contribution in [0.4, 0.5) is 5.88 Å². The minimum absolute atomic E-state index is 0.0914. The van der Waals surface area contributed by atoms with Crippen molar-refractivity contribution in [1.29, 1.82) is 0 Å². The lowest BCUT2D eigenvalue weighted by atomic mass is 10.2. The molecule has 1 heterocycles. The van der Waals surface area contributed by atoms with Crippen molar-refractivity contribution in [2.75, 3.05) is 19.3 Å².